The third-order valence-electron chi connectivity index (χ3n) is 6.01. The van der Waals surface area contributed by atoms with Gasteiger partial charge in [-0.05, 0) is 79.9 Å². The van der Waals surface area contributed by atoms with Crippen LogP contribution < -0.4 is 0 Å². The largest absolute Gasteiger partial charge is 0.192 e. The summed E-state index contributed by atoms with van der Waals surface area (Å²) < 4.78 is 0. The van der Waals surface area contributed by atoms with E-state index in [2.05, 4.69) is 25.1 Å². The van der Waals surface area contributed by atoms with Crippen molar-refractivity contribution in [2.24, 2.45) is 17.8 Å². The number of hydrogen-bond acceptors (Lipinski definition) is 1. The number of rotatable bonds is 2. The zero-order chi connectivity index (χ0) is 14.7. The van der Waals surface area contributed by atoms with Crippen LogP contribution in [0.25, 0.3) is 0 Å². The molecule has 0 radical (unpaired) electrons. The van der Waals surface area contributed by atoms with Crippen molar-refractivity contribution >= 4 is 0 Å². The molecule has 0 saturated heterocycles. The summed E-state index contributed by atoms with van der Waals surface area (Å²) >= 11 is 0. The van der Waals surface area contributed by atoms with Gasteiger partial charge in [-0.15, -0.1) is 0 Å². The molecule has 0 amide bonds. The maximum absolute atomic E-state index is 8.89. The third kappa shape index (κ3) is 3.49. The van der Waals surface area contributed by atoms with Gasteiger partial charge in [-0.3, -0.25) is 0 Å². The molecule has 2 aliphatic carbocycles. The number of benzene rings is 1. The molecule has 1 aromatic rings. The van der Waals surface area contributed by atoms with E-state index in [9.17, 15) is 0 Å². The van der Waals surface area contributed by atoms with Crippen molar-refractivity contribution in [1.82, 2.24) is 0 Å². The van der Waals surface area contributed by atoms with E-state index in [1.807, 2.05) is 12.1 Å². The number of hydrogen-bond donors (Lipinski definition) is 0. The Balaban J connectivity index is 1.53. The zero-order valence-corrected chi connectivity index (χ0v) is 13.2. The highest BCUT2D eigenvalue weighted by molar-refractivity contribution is 5.33. The van der Waals surface area contributed by atoms with Gasteiger partial charge in [0.05, 0.1) is 11.6 Å². The molecule has 0 bridgehead atoms. The average Bonchev–Trinajstić information content (AvgIpc) is 2.56. The summed E-state index contributed by atoms with van der Waals surface area (Å²) in [6.07, 6.45) is 11.4. The molecule has 0 heterocycles. The molecule has 1 aromatic carbocycles. The third-order valence-corrected chi connectivity index (χ3v) is 6.01. The minimum atomic E-state index is 0.733. The predicted octanol–water partition coefficient (Wildman–Crippen LogP) is 5.66. The lowest BCUT2D eigenvalue weighted by Crippen LogP contribution is -2.24. The second kappa shape index (κ2) is 6.65. The minimum absolute atomic E-state index is 0.733. The van der Waals surface area contributed by atoms with Gasteiger partial charge in [0.2, 0.25) is 0 Å². The molecule has 112 valence electrons. The quantitative estimate of drug-likeness (QED) is 0.686. The van der Waals surface area contributed by atoms with Crippen LogP contribution in [0, 0.1) is 29.1 Å². The molecule has 3 rings (SSSR count). The molecule has 21 heavy (non-hydrogen) atoms. The predicted molar refractivity (Wildman–Crippen MR) is 87.0 cm³/mol. The van der Waals surface area contributed by atoms with Crippen molar-refractivity contribution in [3.63, 3.8) is 0 Å². The molecular formula is C20H27N. The van der Waals surface area contributed by atoms with Gasteiger partial charge >= 0.3 is 0 Å². The Kier molecular flexibility index (Phi) is 4.63. The van der Waals surface area contributed by atoms with Crippen molar-refractivity contribution in [2.75, 3.05) is 0 Å². The van der Waals surface area contributed by atoms with Crippen LogP contribution >= 0.6 is 0 Å². The van der Waals surface area contributed by atoms with Crippen LogP contribution in [0.4, 0.5) is 0 Å². The van der Waals surface area contributed by atoms with Gasteiger partial charge in [-0.1, -0.05) is 31.9 Å². The van der Waals surface area contributed by atoms with E-state index < -0.39 is 0 Å². The minimum Gasteiger partial charge on any atom is -0.192 e. The van der Waals surface area contributed by atoms with Crippen molar-refractivity contribution in [1.29, 1.82) is 5.26 Å². The first-order chi connectivity index (χ1) is 10.3. The van der Waals surface area contributed by atoms with E-state index in [4.69, 9.17) is 5.26 Å². The van der Waals surface area contributed by atoms with Crippen LogP contribution in [0.2, 0.25) is 0 Å². The summed E-state index contributed by atoms with van der Waals surface area (Å²) in [7, 11) is 0. The molecule has 1 heteroatoms. The molecule has 2 saturated carbocycles. The van der Waals surface area contributed by atoms with Crippen LogP contribution in [0.5, 0.6) is 0 Å². The van der Waals surface area contributed by atoms with Gasteiger partial charge in [-0.25, -0.2) is 0 Å². The lowest BCUT2D eigenvalue weighted by molar-refractivity contribution is 0.165. The second-order valence-electron chi connectivity index (χ2n) is 7.37. The maximum atomic E-state index is 8.89. The maximum Gasteiger partial charge on any atom is 0.0991 e. The second-order valence-corrected chi connectivity index (χ2v) is 7.37. The summed E-state index contributed by atoms with van der Waals surface area (Å²) in [6, 6.07) is 10.5. The van der Waals surface area contributed by atoms with Gasteiger partial charge < -0.3 is 0 Å². The Morgan fingerprint density at radius 3 is 1.86 bits per heavy atom. The molecular weight excluding hydrogens is 254 g/mol. The fourth-order valence-corrected chi connectivity index (χ4v) is 4.51. The van der Waals surface area contributed by atoms with E-state index in [0.29, 0.717) is 0 Å². The van der Waals surface area contributed by atoms with Crippen LogP contribution in [0.3, 0.4) is 0 Å². The smallest absolute Gasteiger partial charge is 0.0991 e. The lowest BCUT2D eigenvalue weighted by Gasteiger charge is -2.37. The SMILES string of the molecule is CC1CCC(C2CCC(c3ccc(C#N)cc3)CC2)CC1. The number of nitrogens with zero attached hydrogens (tertiary/aromatic N) is 1. The van der Waals surface area contributed by atoms with E-state index in [0.717, 1.165) is 29.2 Å². The van der Waals surface area contributed by atoms with Crippen LogP contribution in [-0.4, -0.2) is 0 Å². The molecule has 0 N–H and O–H groups in total. The van der Waals surface area contributed by atoms with Crippen molar-refractivity contribution < 1.29 is 0 Å². The van der Waals surface area contributed by atoms with Gasteiger partial charge in [0.1, 0.15) is 0 Å². The summed E-state index contributed by atoms with van der Waals surface area (Å²) in [6.45, 7) is 2.41. The summed E-state index contributed by atoms with van der Waals surface area (Å²) in [5, 5.41) is 8.89. The van der Waals surface area contributed by atoms with E-state index in [1.165, 1.54) is 56.9 Å². The van der Waals surface area contributed by atoms with E-state index >= 15 is 0 Å². The fraction of sp³-hybridized carbons (Fsp3) is 0.650. The first-order valence-corrected chi connectivity index (χ1v) is 8.76. The molecule has 2 aliphatic rings. The van der Waals surface area contributed by atoms with Crippen molar-refractivity contribution in [2.45, 2.75) is 64.2 Å². The van der Waals surface area contributed by atoms with Gasteiger partial charge in [0.25, 0.3) is 0 Å². The molecule has 0 unspecified atom stereocenters. The molecule has 2 fully saturated rings. The topological polar surface area (TPSA) is 23.8 Å². The highest BCUT2D eigenvalue weighted by Gasteiger charge is 2.30. The van der Waals surface area contributed by atoms with Crippen molar-refractivity contribution in [3.05, 3.63) is 35.4 Å². The van der Waals surface area contributed by atoms with Gasteiger partial charge in [0.15, 0.2) is 0 Å². The van der Waals surface area contributed by atoms with Crippen LogP contribution in [0.15, 0.2) is 24.3 Å². The molecule has 0 aliphatic heterocycles. The fourth-order valence-electron chi connectivity index (χ4n) is 4.51. The average molecular weight is 281 g/mol. The highest BCUT2D eigenvalue weighted by atomic mass is 14.4. The summed E-state index contributed by atoms with van der Waals surface area (Å²) in [5.74, 6) is 3.71. The first-order valence-electron chi connectivity index (χ1n) is 8.76. The monoisotopic (exact) mass is 281 g/mol. The van der Waals surface area contributed by atoms with E-state index in [1.54, 1.807) is 0 Å². The Bertz CT molecular complexity index is 480. The summed E-state index contributed by atoms with van der Waals surface area (Å²) in [5.41, 5.74) is 2.23. The van der Waals surface area contributed by atoms with Crippen LogP contribution in [0.1, 0.15) is 75.3 Å². The molecule has 1 nitrogen and oxygen atoms in total. The lowest BCUT2D eigenvalue weighted by atomic mass is 9.68. The Morgan fingerprint density at radius 2 is 1.33 bits per heavy atom. The van der Waals surface area contributed by atoms with E-state index in [-0.39, 0.29) is 0 Å². The summed E-state index contributed by atoms with van der Waals surface area (Å²) in [4.78, 5) is 0. The normalized spacial score (nSPS) is 33.3. The first kappa shape index (κ1) is 14.6. The van der Waals surface area contributed by atoms with Gasteiger partial charge in [-0.2, -0.15) is 5.26 Å². The molecule has 0 aromatic heterocycles. The number of nitriles is 1. The van der Waals surface area contributed by atoms with Crippen molar-refractivity contribution in [3.8, 4) is 6.07 Å². The van der Waals surface area contributed by atoms with Crippen LogP contribution in [-0.2, 0) is 0 Å². The van der Waals surface area contributed by atoms with Gasteiger partial charge in [0, 0.05) is 0 Å². The standard InChI is InChI=1S/C20H27N/c1-15-2-6-17(7-3-15)19-10-12-20(13-11-19)18-8-4-16(14-21)5-9-18/h4-5,8-9,15,17,19-20H,2-3,6-7,10-13H2,1H3. The Labute approximate surface area is 129 Å². The highest BCUT2D eigenvalue weighted by Crippen LogP contribution is 2.43. The zero-order valence-electron chi connectivity index (χ0n) is 13.2. The molecule has 0 spiro atoms. The Hall–Kier alpha value is -1.29. The molecule has 0 atom stereocenters. The Morgan fingerprint density at radius 1 is 0.810 bits per heavy atom.